The lowest BCUT2D eigenvalue weighted by Gasteiger charge is -2.34. The lowest BCUT2D eigenvalue weighted by molar-refractivity contribution is -0.154. The second kappa shape index (κ2) is 6.45. The van der Waals surface area contributed by atoms with Gasteiger partial charge in [-0.15, -0.1) is 0 Å². The highest BCUT2D eigenvalue weighted by Gasteiger charge is 2.38. The van der Waals surface area contributed by atoms with E-state index in [1.165, 1.54) is 0 Å². The van der Waals surface area contributed by atoms with Crippen LogP contribution in [0.2, 0.25) is 0 Å². The summed E-state index contributed by atoms with van der Waals surface area (Å²) in [7, 11) is 0. The highest BCUT2D eigenvalue weighted by molar-refractivity contribution is 7.99. The van der Waals surface area contributed by atoms with Gasteiger partial charge in [0, 0.05) is 30.5 Å². The molecule has 4 nitrogen and oxygen atoms in total. The second-order valence-corrected chi connectivity index (χ2v) is 6.54. The molecule has 0 spiro atoms. The van der Waals surface area contributed by atoms with Crippen molar-refractivity contribution in [2.45, 2.75) is 45.3 Å². The molecule has 1 unspecified atom stereocenters. The summed E-state index contributed by atoms with van der Waals surface area (Å²) in [4.78, 5) is 25.4. The van der Waals surface area contributed by atoms with Crippen LogP contribution in [-0.2, 0) is 9.59 Å². The molecule has 1 fully saturated rings. The number of carboxylic acids is 1. The van der Waals surface area contributed by atoms with Gasteiger partial charge in [-0.2, -0.15) is 11.8 Å². The summed E-state index contributed by atoms with van der Waals surface area (Å²) in [6.07, 6.45) is 1.14. The van der Waals surface area contributed by atoms with Crippen molar-refractivity contribution in [2.75, 3.05) is 18.8 Å². The van der Waals surface area contributed by atoms with Crippen molar-refractivity contribution >= 4 is 23.6 Å². The van der Waals surface area contributed by atoms with Gasteiger partial charge in [-0.05, 0) is 12.8 Å². The highest BCUT2D eigenvalue weighted by Crippen LogP contribution is 2.32. The average molecular weight is 273 g/mol. The molecule has 1 saturated heterocycles. The third kappa shape index (κ3) is 3.40. The maximum absolute atomic E-state index is 12.2. The van der Waals surface area contributed by atoms with E-state index in [0.717, 1.165) is 18.8 Å². The van der Waals surface area contributed by atoms with Crippen LogP contribution >= 0.6 is 11.8 Å². The summed E-state index contributed by atoms with van der Waals surface area (Å²) in [5, 5.41) is 9.80. The van der Waals surface area contributed by atoms with Gasteiger partial charge in [-0.25, -0.2) is 0 Å². The maximum atomic E-state index is 12.2. The average Bonchev–Trinajstić information content (AvgIpc) is 2.35. The minimum Gasteiger partial charge on any atom is -0.481 e. The van der Waals surface area contributed by atoms with E-state index >= 15 is 0 Å². The fraction of sp³-hybridized carbons (Fsp3) is 0.846. The highest BCUT2D eigenvalue weighted by atomic mass is 32.2. The fourth-order valence-corrected chi connectivity index (χ4v) is 3.34. The molecule has 1 aliphatic rings. The fourth-order valence-electron chi connectivity index (χ4n) is 2.32. The second-order valence-electron chi connectivity index (χ2n) is 4.99. The Bertz CT molecular complexity index is 315. The molecule has 1 atom stereocenters. The lowest BCUT2D eigenvalue weighted by Crippen LogP contribution is -2.44. The third-order valence-electron chi connectivity index (χ3n) is 3.89. The standard InChI is InChI=1S/C13H23NO3S/c1-4-13(5-2,12(16)17)8-11(15)14-6-7-18-10(3)9-14/h10H,4-9H2,1-3H3,(H,16,17). The Morgan fingerprint density at radius 1 is 1.39 bits per heavy atom. The summed E-state index contributed by atoms with van der Waals surface area (Å²) in [5.41, 5.74) is -0.884. The molecule has 0 bridgehead atoms. The number of amides is 1. The van der Waals surface area contributed by atoms with Crippen LogP contribution in [0.3, 0.4) is 0 Å². The van der Waals surface area contributed by atoms with E-state index in [9.17, 15) is 14.7 Å². The summed E-state index contributed by atoms with van der Waals surface area (Å²) < 4.78 is 0. The topological polar surface area (TPSA) is 57.6 Å². The van der Waals surface area contributed by atoms with Crippen molar-refractivity contribution in [3.63, 3.8) is 0 Å². The first-order valence-corrected chi connectivity index (χ1v) is 7.63. The Hall–Kier alpha value is -0.710. The van der Waals surface area contributed by atoms with Crippen LogP contribution in [0.4, 0.5) is 0 Å². The smallest absolute Gasteiger partial charge is 0.310 e. The zero-order valence-electron chi connectivity index (χ0n) is 11.4. The Morgan fingerprint density at radius 2 is 2.00 bits per heavy atom. The Balaban J connectivity index is 2.69. The van der Waals surface area contributed by atoms with Gasteiger partial charge in [0.15, 0.2) is 0 Å². The van der Waals surface area contributed by atoms with E-state index in [1.807, 2.05) is 30.5 Å². The molecule has 1 aliphatic heterocycles. The van der Waals surface area contributed by atoms with Crippen LogP contribution in [0.25, 0.3) is 0 Å². The lowest BCUT2D eigenvalue weighted by atomic mass is 9.79. The van der Waals surface area contributed by atoms with Gasteiger partial charge in [0.25, 0.3) is 0 Å². The third-order valence-corrected chi connectivity index (χ3v) is 5.03. The predicted molar refractivity (Wildman–Crippen MR) is 73.8 cm³/mol. The molecule has 104 valence electrons. The van der Waals surface area contributed by atoms with Crippen LogP contribution in [0.5, 0.6) is 0 Å². The van der Waals surface area contributed by atoms with Gasteiger partial charge >= 0.3 is 5.97 Å². The van der Waals surface area contributed by atoms with Crippen LogP contribution < -0.4 is 0 Å². The molecule has 0 aromatic heterocycles. The molecule has 18 heavy (non-hydrogen) atoms. The number of hydrogen-bond donors (Lipinski definition) is 1. The van der Waals surface area contributed by atoms with Crippen LogP contribution in [-0.4, -0.2) is 46.0 Å². The van der Waals surface area contributed by atoms with Gasteiger partial charge < -0.3 is 10.0 Å². The maximum Gasteiger partial charge on any atom is 0.310 e. The number of rotatable bonds is 5. The summed E-state index contributed by atoms with van der Waals surface area (Å²) in [5.74, 6) is 0.0964. The molecular weight excluding hydrogens is 250 g/mol. The predicted octanol–water partition coefficient (Wildman–Crippen LogP) is 2.23. The molecule has 0 saturated carbocycles. The van der Waals surface area contributed by atoms with Gasteiger partial charge in [-0.3, -0.25) is 9.59 Å². The normalized spacial score (nSPS) is 20.8. The molecule has 1 heterocycles. The van der Waals surface area contributed by atoms with Gasteiger partial charge in [0.05, 0.1) is 5.41 Å². The molecular formula is C13H23NO3S. The zero-order valence-corrected chi connectivity index (χ0v) is 12.3. The quantitative estimate of drug-likeness (QED) is 0.834. The Morgan fingerprint density at radius 3 is 2.44 bits per heavy atom. The molecule has 1 amide bonds. The number of carbonyl (C=O) groups excluding carboxylic acids is 1. The monoisotopic (exact) mass is 273 g/mol. The number of aliphatic carboxylic acids is 1. The van der Waals surface area contributed by atoms with Crippen molar-refractivity contribution in [2.24, 2.45) is 5.41 Å². The molecule has 5 heteroatoms. The first kappa shape index (κ1) is 15.3. The largest absolute Gasteiger partial charge is 0.481 e. The summed E-state index contributed by atoms with van der Waals surface area (Å²) in [6.45, 7) is 7.29. The van der Waals surface area contributed by atoms with Crippen molar-refractivity contribution in [3.8, 4) is 0 Å². The molecule has 1 rings (SSSR count). The van der Waals surface area contributed by atoms with E-state index in [1.54, 1.807) is 0 Å². The van der Waals surface area contributed by atoms with Crippen molar-refractivity contribution in [1.29, 1.82) is 0 Å². The first-order valence-electron chi connectivity index (χ1n) is 6.58. The molecule has 0 aromatic carbocycles. The van der Waals surface area contributed by atoms with Crippen molar-refractivity contribution < 1.29 is 14.7 Å². The minimum absolute atomic E-state index is 0.00625. The molecule has 0 aromatic rings. The SMILES string of the molecule is CCC(CC)(CC(=O)N1CCSC(C)C1)C(=O)O. The number of nitrogens with zero attached hydrogens (tertiary/aromatic N) is 1. The molecule has 0 aliphatic carbocycles. The summed E-state index contributed by atoms with van der Waals surface area (Å²) in [6, 6.07) is 0. The zero-order chi connectivity index (χ0) is 13.8. The van der Waals surface area contributed by atoms with Crippen molar-refractivity contribution in [3.05, 3.63) is 0 Å². The van der Waals surface area contributed by atoms with E-state index in [2.05, 4.69) is 6.92 Å². The number of thioether (sulfide) groups is 1. The van der Waals surface area contributed by atoms with Crippen molar-refractivity contribution in [1.82, 2.24) is 4.90 Å². The minimum atomic E-state index is -0.884. The number of carbonyl (C=O) groups is 2. The van der Waals surface area contributed by atoms with Crippen LogP contribution in [0, 0.1) is 5.41 Å². The first-order chi connectivity index (χ1) is 8.45. The van der Waals surface area contributed by atoms with Gasteiger partial charge in [0.1, 0.15) is 0 Å². The summed E-state index contributed by atoms with van der Waals surface area (Å²) >= 11 is 1.86. The van der Waals surface area contributed by atoms with E-state index in [4.69, 9.17) is 0 Å². The van der Waals surface area contributed by atoms with E-state index in [0.29, 0.717) is 18.1 Å². The van der Waals surface area contributed by atoms with Crippen LogP contribution in [0.15, 0.2) is 0 Å². The number of hydrogen-bond acceptors (Lipinski definition) is 3. The van der Waals surface area contributed by atoms with E-state index < -0.39 is 11.4 Å². The Labute approximate surface area is 113 Å². The molecule has 1 N–H and O–H groups in total. The van der Waals surface area contributed by atoms with Crippen LogP contribution in [0.1, 0.15) is 40.0 Å². The molecule has 0 radical (unpaired) electrons. The van der Waals surface area contributed by atoms with Gasteiger partial charge in [0.2, 0.25) is 5.91 Å². The van der Waals surface area contributed by atoms with E-state index in [-0.39, 0.29) is 12.3 Å². The number of carboxylic acid groups (broad SMARTS) is 1. The Kier molecular flexibility index (Phi) is 5.50. The van der Waals surface area contributed by atoms with Gasteiger partial charge in [-0.1, -0.05) is 20.8 Å².